The van der Waals surface area contributed by atoms with Gasteiger partial charge in [-0.1, -0.05) is 11.6 Å². The van der Waals surface area contributed by atoms with Gasteiger partial charge in [-0.15, -0.1) is 4.40 Å². The molecule has 0 aliphatic heterocycles. The van der Waals surface area contributed by atoms with E-state index in [-0.39, 0.29) is 10.0 Å². The number of hydrogen-bond acceptors (Lipinski definition) is 4. The largest absolute Gasteiger partial charge is 0.468 e. The highest BCUT2D eigenvalue weighted by atomic mass is 35.5. The van der Waals surface area contributed by atoms with Crippen LogP contribution in [0.25, 0.3) is 0 Å². The van der Waals surface area contributed by atoms with Gasteiger partial charge in [0.05, 0.1) is 12.1 Å². The molecule has 0 aliphatic carbocycles. The van der Waals surface area contributed by atoms with Crippen LogP contribution in [-0.2, 0) is 21.8 Å². The highest BCUT2D eigenvalue weighted by molar-refractivity contribution is 7.90. The molecule has 7 nitrogen and oxygen atoms in total. The molecule has 1 aromatic rings. The van der Waals surface area contributed by atoms with Crippen molar-refractivity contribution in [2.75, 3.05) is 7.11 Å². The van der Waals surface area contributed by atoms with Crippen LogP contribution in [0.5, 0.6) is 0 Å². The van der Waals surface area contributed by atoms with E-state index >= 15 is 0 Å². The summed E-state index contributed by atoms with van der Waals surface area (Å²) in [5.41, 5.74) is 5.12. The second kappa shape index (κ2) is 4.07. The molecule has 9 heteroatoms. The maximum absolute atomic E-state index is 11.5. The maximum atomic E-state index is 11.5. The third kappa shape index (κ3) is 2.60. The fourth-order valence-corrected chi connectivity index (χ4v) is 2.21. The molecule has 84 valence electrons. The SMILES string of the molecule is CO/C(N)=N/S(=O)(=O)c1nn(C)cc1Cl. The second-order valence-corrected chi connectivity index (χ2v) is 4.49. The number of nitrogens with zero attached hydrogens (tertiary/aromatic N) is 3. The van der Waals surface area contributed by atoms with E-state index in [0.29, 0.717) is 0 Å². The molecule has 0 spiro atoms. The normalized spacial score (nSPS) is 12.9. The van der Waals surface area contributed by atoms with Gasteiger partial charge in [0, 0.05) is 13.2 Å². The van der Waals surface area contributed by atoms with Crippen LogP contribution in [0.2, 0.25) is 5.02 Å². The molecule has 0 unspecified atom stereocenters. The summed E-state index contributed by atoms with van der Waals surface area (Å²) in [5, 5.41) is 3.27. The van der Waals surface area contributed by atoms with Crippen molar-refractivity contribution in [2.45, 2.75) is 5.03 Å². The van der Waals surface area contributed by atoms with Crippen LogP contribution >= 0.6 is 11.6 Å². The first-order valence-corrected chi connectivity index (χ1v) is 5.52. The standard InChI is InChI=1S/C6H9ClN4O3S/c1-11-3-4(7)5(9-11)15(12,13)10-6(8)14-2/h3H,1-2H3,(H2,8,10). The summed E-state index contributed by atoms with van der Waals surface area (Å²) in [6.45, 7) is 0. The maximum Gasteiger partial charge on any atom is 0.307 e. The third-order valence-corrected chi connectivity index (χ3v) is 3.02. The molecular weight excluding hydrogens is 244 g/mol. The molecule has 15 heavy (non-hydrogen) atoms. The zero-order valence-electron chi connectivity index (χ0n) is 8.01. The van der Waals surface area contributed by atoms with E-state index in [1.807, 2.05) is 0 Å². The van der Waals surface area contributed by atoms with Gasteiger partial charge in [-0.05, 0) is 0 Å². The number of ether oxygens (including phenoxy) is 1. The zero-order valence-corrected chi connectivity index (χ0v) is 9.58. The van der Waals surface area contributed by atoms with Gasteiger partial charge in [-0.2, -0.15) is 13.5 Å². The molecule has 0 aromatic carbocycles. The van der Waals surface area contributed by atoms with Crippen LogP contribution in [0.15, 0.2) is 15.6 Å². The van der Waals surface area contributed by atoms with Crippen LogP contribution in [0.4, 0.5) is 0 Å². The van der Waals surface area contributed by atoms with Gasteiger partial charge in [-0.3, -0.25) is 4.68 Å². The Bertz CT molecular complexity index is 492. The minimum absolute atomic E-state index is 0.0230. The van der Waals surface area contributed by atoms with E-state index in [0.717, 1.165) is 0 Å². The number of sulfonamides is 1. The summed E-state index contributed by atoms with van der Waals surface area (Å²) in [5.74, 6) is 0. The van der Waals surface area contributed by atoms with Gasteiger partial charge in [0.15, 0.2) is 0 Å². The summed E-state index contributed by atoms with van der Waals surface area (Å²) in [6, 6.07) is -0.475. The summed E-state index contributed by atoms with van der Waals surface area (Å²) < 4.78 is 31.9. The van der Waals surface area contributed by atoms with Gasteiger partial charge in [0.2, 0.25) is 5.03 Å². The molecule has 2 N–H and O–H groups in total. The summed E-state index contributed by atoms with van der Waals surface area (Å²) in [4.78, 5) is 0. The Morgan fingerprint density at radius 2 is 2.33 bits per heavy atom. The summed E-state index contributed by atoms with van der Waals surface area (Å²) >= 11 is 5.64. The van der Waals surface area contributed by atoms with Gasteiger partial charge in [0.25, 0.3) is 6.02 Å². The molecular formula is C6H9ClN4O3S. The van der Waals surface area contributed by atoms with E-state index in [4.69, 9.17) is 17.3 Å². The lowest BCUT2D eigenvalue weighted by molar-refractivity contribution is 0.397. The van der Waals surface area contributed by atoms with E-state index in [9.17, 15) is 8.42 Å². The van der Waals surface area contributed by atoms with Crippen LogP contribution in [0.1, 0.15) is 0 Å². The van der Waals surface area contributed by atoms with Crippen molar-refractivity contribution in [1.29, 1.82) is 0 Å². The van der Waals surface area contributed by atoms with E-state index in [2.05, 4.69) is 14.2 Å². The predicted octanol–water partition coefficient (Wildman–Crippen LogP) is -0.277. The van der Waals surface area contributed by atoms with Crippen molar-refractivity contribution in [2.24, 2.45) is 17.2 Å². The Labute approximate surface area is 91.5 Å². The number of aromatic nitrogens is 2. The first-order valence-electron chi connectivity index (χ1n) is 3.70. The topological polar surface area (TPSA) is 99.6 Å². The molecule has 0 aliphatic rings. The number of nitrogens with two attached hydrogens (primary N) is 1. The fourth-order valence-electron chi connectivity index (χ4n) is 0.813. The Balaban J connectivity index is 3.24. The van der Waals surface area contributed by atoms with Crippen LogP contribution in [-0.4, -0.2) is 31.3 Å². The predicted molar refractivity (Wildman–Crippen MR) is 54.0 cm³/mol. The van der Waals surface area contributed by atoms with Crippen LogP contribution in [0, 0.1) is 0 Å². The quantitative estimate of drug-likeness (QED) is 0.577. The van der Waals surface area contributed by atoms with Crippen molar-refractivity contribution in [1.82, 2.24) is 9.78 Å². The van der Waals surface area contributed by atoms with Crippen molar-refractivity contribution in [3.05, 3.63) is 11.2 Å². The smallest absolute Gasteiger partial charge is 0.307 e. The molecule has 0 bridgehead atoms. The average molecular weight is 253 g/mol. The zero-order chi connectivity index (χ0) is 11.6. The number of rotatable bonds is 2. The molecule has 1 aromatic heterocycles. The number of hydrogen-bond donors (Lipinski definition) is 1. The Hall–Kier alpha value is -1.28. The Morgan fingerprint density at radius 3 is 2.73 bits per heavy atom. The van der Waals surface area contributed by atoms with Crippen molar-refractivity contribution >= 4 is 27.6 Å². The molecule has 1 rings (SSSR count). The number of halogens is 1. The third-order valence-electron chi connectivity index (χ3n) is 1.42. The number of methoxy groups -OCH3 is 1. The molecule has 0 radical (unpaired) electrons. The highest BCUT2D eigenvalue weighted by Gasteiger charge is 2.22. The average Bonchev–Trinajstić information content (AvgIpc) is 2.45. The lowest BCUT2D eigenvalue weighted by Gasteiger charge is -1.97. The molecule has 0 amide bonds. The van der Waals surface area contributed by atoms with Crippen molar-refractivity contribution < 1.29 is 13.2 Å². The van der Waals surface area contributed by atoms with E-state index in [1.54, 1.807) is 0 Å². The Morgan fingerprint density at radius 1 is 1.73 bits per heavy atom. The van der Waals surface area contributed by atoms with E-state index < -0.39 is 16.0 Å². The van der Waals surface area contributed by atoms with Gasteiger partial charge in [-0.25, -0.2) is 0 Å². The van der Waals surface area contributed by atoms with Gasteiger partial charge < -0.3 is 10.5 Å². The molecule has 0 fully saturated rings. The Kier molecular flexibility index (Phi) is 3.20. The fraction of sp³-hybridized carbons (Fsp3) is 0.333. The number of amidine groups is 1. The second-order valence-electron chi connectivity index (χ2n) is 2.56. The molecule has 1 heterocycles. The lowest BCUT2D eigenvalue weighted by Crippen LogP contribution is -2.16. The molecule has 0 saturated heterocycles. The van der Waals surface area contributed by atoms with Gasteiger partial charge in [0.1, 0.15) is 0 Å². The van der Waals surface area contributed by atoms with Crippen molar-refractivity contribution in [3.8, 4) is 0 Å². The first kappa shape index (κ1) is 11.8. The van der Waals surface area contributed by atoms with Gasteiger partial charge >= 0.3 is 10.0 Å². The van der Waals surface area contributed by atoms with Crippen molar-refractivity contribution in [3.63, 3.8) is 0 Å². The summed E-state index contributed by atoms with van der Waals surface area (Å²) in [6.07, 6.45) is 1.34. The minimum atomic E-state index is -4.01. The van der Waals surface area contributed by atoms with Crippen LogP contribution in [0.3, 0.4) is 0 Å². The molecule has 0 atom stereocenters. The van der Waals surface area contributed by atoms with Crippen LogP contribution < -0.4 is 5.73 Å². The highest BCUT2D eigenvalue weighted by Crippen LogP contribution is 2.20. The summed E-state index contributed by atoms with van der Waals surface area (Å²) in [7, 11) is -1.27. The van der Waals surface area contributed by atoms with E-state index in [1.165, 1.54) is 25.0 Å². The minimum Gasteiger partial charge on any atom is -0.468 e. The first-order chi connectivity index (χ1) is 6.86. The molecule has 0 saturated carbocycles. The monoisotopic (exact) mass is 252 g/mol. The lowest BCUT2D eigenvalue weighted by atomic mass is 10.7. The number of aryl methyl sites for hydroxylation is 1.